The largest absolute Gasteiger partial charge is 0.294 e. The molecule has 0 amide bonds. The smallest absolute Gasteiger partial charge is 0.280 e. The Bertz CT molecular complexity index is 683. The zero-order valence-corrected chi connectivity index (χ0v) is 11.9. The molecular weight excluding hydrogens is 274 g/mol. The van der Waals surface area contributed by atoms with Gasteiger partial charge in [0.05, 0.1) is 10.5 Å². The number of nitro benzene ring substituents is 1. The van der Waals surface area contributed by atoms with Crippen molar-refractivity contribution in [3.63, 3.8) is 0 Å². The van der Waals surface area contributed by atoms with E-state index in [4.69, 9.17) is 0 Å². The lowest BCUT2D eigenvalue weighted by molar-refractivity contribution is -0.385. The monoisotopic (exact) mass is 287 g/mol. The Kier molecular flexibility index (Phi) is 4.20. The fraction of sp³-hybridized carbons (Fsp3) is 0.133. The van der Waals surface area contributed by atoms with Crippen LogP contribution in [0.15, 0.2) is 52.3 Å². The summed E-state index contributed by atoms with van der Waals surface area (Å²) in [5.41, 5.74) is 1.14. The van der Waals surface area contributed by atoms with E-state index in [1.165, 1.54) is 24.8 Å². The summed E-state index contributed by atoms with van der Waals surface area (Å²) in [6, 6.07) is 12.6. The Morgan fingerprint density at radius 3 is 2.45 bits per heavy atom. The lowest BCUT2D eigenvalue weighted by Crippen LogP contribution is -2.00. The van der Waals surface area contributed by atoms with Gasteiger partial charge in [-0.05, 0) is 38.1 Å². The van der Waals surface area contributed by atoms with Crippen LogP contribution in [0.25, 0.3) is 0 Å². The summed E-state index contributed by atoms with van der Waals surface area (Å²) in [4.78, 5) is 23.7. The molecule has 20 heavy (non-hydrogen) atoms. The highest BCUT2D eigenvalue weighted by molar-refractivity contribution is 7.99. The van der Waals surface area contributed by atoms with E-state index in [9.17, 15) is 14.9 Å². The molecule has 2 aromatic carbocycles. The van der Waals surface area contributed by atoms with Gasteiger partial charge in [0.25, 0.3) is 5.69 Å². The normalized spacial score (nSPS) is 10.3. The molecule has 0 aliphatic heterocycles. The van der Waals surface area contributed by atoms with Crippen molar-refractivity contribution in [2.45, 2.75) is 23.6 Å². The first-order chi connectivity index (χ1) is 9.47. The minimum absolute atomic E-state index is 0.146. The molecule has 0 aliphatic rings. The molecule has 0 fully saturated rings. The van der Waals surface area contributed by atoms with Gasteiger partial charge in [0.2, 0.25) is 0 Å². The maximum atomic E-state index is 11.5. The van der Waals surface area contributed by atoms with E-state index in [-0.39, 0.29) is 17.0 Å². The van der Waals surface area contributed by atoms with E-state index in [0.29, 0.717) is 0 Å². The van der Waals surface area contributed by atoms with Crippen molar-refractivity contribution < 1.29 is 9.72 Å². The second-order valence-electron chi connectivity index (χ2n) is 4.41. The Morgan fingerprint density at radius 2 is 1.85 bits per heavy atom. The van der Waals surface area contributed by atoms with Gasteiger partial charge < -0.3 is 0 Å². The summed E-state index contributed by atoms with van der Waals surface area (Å²) in [5.74, 6) is -0.302. The lowest BCUT2D eigenvalue weighted by atomic mass is 10.1. The van der Waals surface area contributed by atoms with Gasteiger partial charge in [-0.2, -0.15) is 0 Å². The van der Waals surface area contributed by atoms with Gasteiger partial charge in [-0.15, -0.1) is 0 Å². The zero-order valence-electron chi connectivity index (χ0n) is 11.1. The maximum absolute atomic E-state index is 11.5. The number of nitro groups is 1. The quantitative estimate of drug-likeness (QED) is 0.479. The fourth-order valence-corrected chi connectivity index (χ4v) is 2.81. The van der Waals surface area contributed by atoms with E-state index in [1.54, 1.807) is 12.1 Å². The van der Waals surface area contributed by atoms with Gasteiger partial charge >= 0.3 is 0 Å². The minimum Gasteiger partial charge on any atom is -0.294 e. The number of hydrogen-bond acceptors (Lipinski definition) is 4. The van der Waals surface area contributed by atoms with Crippen LogP contribution in [0.5, 0.6) is 0 Å². The van der Waals surface area contributed by atoms with Crippen LogP contribution in [0.2, 0.25) is 0 Å². The Labute approximate surface area is 121 Å². The number of hydrogen-bond donors (Lipinski definition) is 0. The number of ketones is 1. The number of rotatable bonds is 4. The van der Waals surface area contributed by atoms with E-state index in [2.05, 4.69) is 0 Å². The van der Waals surface area contributed by atoms with Crippen LogP contribution in [0.1, 0.15) is 22.8 Å². The highest BCUT2D eigenvalue weighted by Crippen LogP contribution is 2.31. The van der Waals surface area contributed by atoms with E-state index >= 15 is 0 Å². The standard InChI is InChI=1S/C15H13NO3S/c1-10-4-3-5-12(8-10)20-13-6-7-15(16(18)19)14(9-13)11(2)17/h3-9H,1-2H3. The molecule has 102 valence electrons. The summed E-state index contributed by atoms with van der Waals surface area (Å²) in [6.07, 6.45) is 0. The fourth-order valence-electron chi connectivity index (χ4n) is 1.83. The molecular formula is C15H13NO3S. The third kappa shape index (κ3) is 3.24. The molecule has 0 bridgehead atoms. The number of Topliss-reactive ketones (excluding diaryl/α,β-unsaturated/α-hetero) is 1. The predicted octanol–water partition coefficient (Wildman–Crippen LogP) is 4.26. The molecule has 2 aromatic rings. The van der Waals surface area contributed by atoms with E-state index < -0.39 is 4.92 Å². The zero-order chi connectivity index (χ0) is 14.7. The minimum atomic E-state index is -0.530. The third-order valence-corrected chi connectivity index (χ3v) is 3.75. The highest BCUT2D eigenvalue weighted by Gasteiger charge is 2.17. The average Bonchev–Trinajstić information content (AvgIpc) is 2.38. The molecule has 0 spiro atoms. The van der Waals surface area contributed by atoms with Crippen LogP contribution in [0.3, 0.4) is 0 Å². The van der Waals surface area contributed by atoms with Crippen LogP contribution < -0.4 is 0 Å². The SMILES string of the molecule is CC(=O)c1cc(Sc2cccc(C)c2)ccc1[N+](=O)[O-]. The summed E-state index contributed by atoms with van der Waals surface area (Å²) in [7, 11) is 0. The number of aryl methyl sites for hydroxylation is 1. The second kappa shape index (κ2) is 5.88. The van der Waals surface area contributed by atoms with Crippen LogP contribution in [-0.4, -0.2) is 10.7 Å². The van der Waals surface area contributed by atoms with Crippen LogP contribution in [0.4, 0.5) is 5.69 Å². The molecule has 0 aliphatic carbocycles. The molecule has 0 radical (unpaired) electrons. The van der Waals surface area contributed by atoms with Crippen molar-refractivity contribution in [1.29, 1.82) is 0 Å². The number of carbonyl (C=O) groups excluding carboxylic acids is 1. The molecule has 0 aromatic heterocycles. The van der Waals surface area contributed by atoms with E-state index in [0.717, 1.165) is 15.4 Å². The number of carbonyl (C=O) groups is 1. The molecule has 0 saturated carbocycles. The first kappa shape index (κ1) is 14.3. The summed E-state index contributed by atoms with van der Waals surface area (Å²) < 4.78 is 0. The van der Waals surface area contributed by atoms with Crippen molar-refractivity contribution in [3.05, 3.63) is 63.7 Å². The van der Waals surface area contributed by atoms with Crippen LogP contribution in [-0.2, 0) is 0 Å². The third-order valence-electron chi connectivity index (χ3n) is 2.77. The Morgan fingerprint density at radius 1 is 1.15 bits per heavy atom. The van der Waals surface area contributed by atoms with Crippen LogP contribution in [0, 0.1) is 17.0 Å². The molecule has 0 atom stereocenters. The van der Waals surface area contributed by atoms with Gasteiger partial charge in [-0.3, -0.25) is 14.9 Å². The predicted molar refractivity (Wildman–Crippen MR) is 78.4 cm³/mol. The second-order valence-corrected chi connectivity index (χ2v) is 5.56. The molecule has 4 nitrogen and oxygen atoms in total. The highest BCUT2D eigenvalue weighted by atomic mass is 32.2. The van der Waals surface area contributed by atoms with Crippen molar-refractivity contribution in [1.82, 2.24) is 0 Å². The molecule has 5 heteroatoms. The van der Waals surface area contributed by atoms with Crippen molar-refractivity contribution >= 4 is 23.2 Å². The number of nitrogens with zero attached hydrogens (tertiary/aromatic N) is 1. The molecule has 0 heterocycles. The van der Waals surface area contributed by atoms with Gasteiger partial charge in [-0.25, -0.2) is 0 Å². The van der Waals surface area contributed by atoms with Crippen molar-refractivity contribution in [2.24, 2.45) is 0 Å². The first-order valence-electron chi connectivity index (χ1n) is 6.01. The first-order valence-corrected chi connectivity index (χ1v) is 6.83. The molecule has 0 unspecified atom stereocenters. The summed E-state index contributed by atoms with van der Waals surface area (Å²) in [5, 5.41) is 10.9. The molecule has 2 rings (SSSR count). The Hall–Kier alpha value is -2.14. The van der Waals surface area contributed by atoms with Gasteiger partial charge in [0, 0.05) is 15.9 Å². The average molecular weight is 287 g/mol. The lowest BCUT2D eigenvalue weighted by Gasteiger charge is -2.05. The number of benzene rings is 2. The van der Waals surface area contributed by atoms with Gasteiger partial charge in [0.1, 0.15) is 0 Å². The molecule has 0 N–H and O–H groups in total. The Balaban J connectivity index is 2.36. The van der Waals surface area contributed by atoms with Gasteiger partial charge in [0.15, 0.2) is 5.78 Å². The van der Waals surface area contributed by atoms with E-state index in [1.807, 2.05) is 31.2 Å². The summed E-state index contributed by atoms with van der Waals surface area (Å²) >= 11 is 1.48. The van der Waals surface area contributed by atoms with Crippen LogP contribution >= 0.6 is 11.8 Å². The maximum Gasteiger partial charge on any atom is 0.280 e. The topological polar surface area (TPSA) is 60.2 Å². The molecule has 0 saturated heterocycles. The summed E-state index contributed by atoms with van der Waals surface area (Å²) in [6.45, 7) is 3.34. The van der Waals surface area contributed by atoms with Gasteiger partial charge in [-0.1, -0.05) is 29.5 Å². The van der Waals surface area contributed by atoms with Crippen molar-refractivity contribution in [3.8, 4) is 0 Å². The van der Waals surface area contributed by atoms with Crippen molar-refractivity contribution in [2.75, 3.05) is 0 Å².